The summed E-state index contributed by atoms with van der Waals surface area (Å²) in [7, 11) is 0. The van der Waals surface area contributed by atoms with Gasteiger partial charge in [-0.05, 0) is 13.8 Å². The Labute approximate surface area is 131 Å². The van der Waals surface area contributed by atoms with Gasteiger partial charge in [-0.2, -0.15) is 0 Å². The van der Waals surface area contributed by atoms with Crippen molar-refractivity contribution in [1.82, 2.24) is 4.98 Å². The molecule has 0 unspecified atom stereocenters. The van der Waals surface area contributed by atoms with Crippen LogP contribution in [0.1, 0.15) is 33.3 Å². The van der Waals surface area contributed by atoms with Gasteiger partial charge in [0.25, 0.3) is 11.7 Å². The summed E-state index contributed by atoms with van der Waals surface area (Å²) in [6.45, 7) is 3.82. The minimum Gasteiger partial charge on any atom is -0.461 e. The summed E-state index contributed by atoms with van der Waals surface area (Å²) in [5.41, 5.74) is 1.39. The molecule has 0 aliphatic heterocycles. The van der Waals surface area contributed by atoms with E-state index in [1.807, 2.05) is 6.92 Å². The second-order valence-electron chi connectivity index (χ2n) is 4.41. The number of thiazole rings is 1. The predicted octanol–water partition coefficient (Wildman–Crippen LogP) is 2.45. The Balaban J connectivity index is 2.04. The Bertz CT molecular complexity index is 707. The molecule has 0 aliphatic carbocycles. The topological polar surface area (TPSA) is 85.4 Å². The molecule has 1 N–H and O–H groups in total. The number of carbonyl (C=O) groups is 3. The average Bonchev–Trinajstić information content (AvgIpc) is 2.96. The van der Waals surface area contributed by atoms with Crippen LogP contribution in [0.25, 0.3) is 0 Å². The van der Waals surface area contributed by atoms with Crippen LogP contribution in [0.15, 0.2) is 29.6 Å². The van der Waals surface area contributed by atoms with Gasteiger partial charge in [0.15, 0.2) is 10.8 Å². The molecule has 1 aromatic heterocycles. The summed E-state index contributed by atoms with van der Waals surface area (Å²) in [4.78, 5) is 39.3. The lowest BCUT2D eigenvalue weighted by Crippen LogP contribution is -2.22. The summed E-state index contributed by atoms with van der Waals surface area (Å²) in [6.07, 6.45) is 0. The Kier molecular flexibility index (Phi) is 5.00. The largest absolute Gasteiger partial charge is 0.461 e. The van der Waals surface area contributed by atoms with Crippen LogP contribution in [-0.4, -0.2) is 29.3 Å². The molecule has 2 aromatic rings. The van der Waals surface area contributed by atoms with Gasteiger partial charge in [-0.15, -0.1) is 11.3 Å². The lowest BCUT2D eigenvalue weighted by atomic mass is 10.1. The van der Waals surface area contributed by atoms with E-state index < -0.39 is 17.7 Å². The molecule has 1 aromatic carbocycles. The highest BCUT2D eigenvalue weighted by atomic mass is 32.1. The number of Topliss-reactive ketones (excluding diaryl/α,β-unsaturated/α-hetero) is 1. The van der Waals surface area contributed by atoms with Gasteiger partial charge in [-0.3, -0.25) is 14.9 Å². The lowest BCUT2D eigenvalue weighted by Gasteiger charge is -2.01. The summed E-state index contributed by atoms with van der Waals surface area (Å²) in [6, 6.07) is 6.68. The van der Waals surface area contributed by atoms with E-state index in [-0.39, 0.29) is 17.4 Å². The van der Waals surface area contributed by atoms with Crippen LogP contribution in [0, 0.1) is 6.92 Å². The number of hydrogen-bond acceptors (Lipinski definition) is 6. The molecule has 1 heterocycles. The summed E-state index contributed by atoms with van der Waals surface area (Å²) < 4.78 is 4.80. The summed E-state index contributed by atoms with van der Waals surface area (Å²) >= 11 is 1.05. The first kappa shape index (κ1) is 15.8. The minimum absolute atomic E-state index is 0.102. The number of nitrogens with zero attached hydrogens (tertiary/aromatic N) is 1. The number of anilines is 1. The first-order chi connectivity index (χ1) is 10.5. The number of ketones is 1. The van der Waals surface area contributed by atoms with Crippen molar-refractivity contribution in [1.29, 1.82) is 0 Å². The number of amides is 1. The molecule has 1 amide bonds. The van der Waals surface area contributed by atoms with Crippen LogP contribution in [0.5, 0.6) is 0 Å². The average molecular weight is 318 g/mol. The third kappa shape index (κ3) is 3.76. The Hall–Kier alpha value is -2.54. The first-order valence-electron chi connectivity index (χ1n) is 6.56. The van der Waals surface area contributed by atoms with Gasteiger partial charge in [-0.25, -0.2) is 9.78 Å². The van der Waals surface area contributed by atoms with E-state index in [0.29, 0.717) is 5.56 Å². The maximum Gasteiger partial charge on any atom is 0.357 e. The van der Waals surface area contributed by atoms with Crippen molar-refractivity contribution < 1.29 is 19.1 Å². The molecule has 0 bridgehead atoms. The van der Waals surface area contributed by atoms with Gasteiger partial charge in [0.05, 0.1) is 6.61 Å². The predicted molar refractivity (Wildman–Crippen MR) is 82.2 cm³/mol. The zero-order valence-corrected chi connectivity index (χ0v) is 12.9. The van der Waals surface area contributed by atoms with Gasteiger partial charge in [0.1, 0.15) is 0 Å². The van der Waals surface area contributed by atoms with Gasteiger partial charge < -0.3 is 4.74 Å². The van der Waals surface area contributed by atoms with Crippen molar-refractivity contribution >= 4 is 34.1 Å². The fourth-order valence-corrected chi connectivity index (χ4v) is 2.29. The van der Waals surface area contributed by atoms with E-state index in [2.05, 4.69) is 10.3 Å². The van der Waals surface area contributed by atoms with E-state index in [1.165, 1.54) is 5.38 Å². The van der Waals surface area contributed by atoms with Crippen LogP contribution in [0.3, 0.4) is 0 Å². The molecule has 0 fully saturated rings. The second kappa shape index (κ2) is 6.95. The van der Waals surface area contributed by atoms with Gasteiger partial charge in [0.2, 0.25) is 0 Å². The van der Waals surface area contributed by atoms with Crippen molar-refractivity contribution in [2.45, 2.75) is 13.8 Å². The summed E-state index contributed by atoms with van der Waals surface area (Å²) in [5, 5.41) is 4.02. The van der Waals surface area contributed by atoms with Crippen LogP contribution in [0.2, 0.25) is 0 Å². The smallest absolute Gasteiger partial charge is 0.357 e. The van der Waals surface area contributed by atoms with Crippen LogP contribution in [0.4, 0.5) is 5.13 Å². The Morgan fingerprint density at radius 1 is 1.23 bits per heavy atom. The number of nitrogens with one attached hydrogen (secondary N) is 1. The molecule has 6 nitrogen and oxygen atoms in total. The molecule has 114 valence electrons. The second-order valence-corrected chi connectivity index (χ2v) is 5.27. The number of benzene rings is 1. The highest BCUT2D eigenvalue weighted by Gasteiger charge is 2.19. The number of aryl methyl sites for hydroxylation is 1. The standard InChI is InChI=1S/C15H14N2O4S/c1-3-21-14(20)11-8-22-15(16-11)17-13(19)12(18)10-6-4-9(2)5-7-10/h4-8H,3H2,1-2H3,(H,16,17,19). The molecule has 0 atom stereocenters. The molecule has 2 rings (SSSR count). The van der Waals surface area contributed by atoms with E-state index in [4.69, 9.17) is 4.74 Å². The monoisotopic (exact) mass is 318 g/mol. The highest BCUT2D eigenvalue weighted by molar-refractivity contribution is 7.14. The molecular weight excluding hydrogens is 304 g/mol. The van der Waals surface area contributed by atoms with Crippen LogP contribution in [-0.2, 0) is 9.53 Å². The highest BCUT2D eigenvalue weighted by Crippen LogP contribution is 2.16. The first-order valence-corrected chi connectivity index (χ1v) is 7.44. The molecular formula is C15H14N2O4S. The molecule has 0 radical (unpaired) electrons. The number of hydrogen-bond donors (Lipinski definition) is 1. The van der Waals surface area contributed by atoms with Crippen molar-refractivity contribution in [3.8, 4) is 0 Å². The molecule has 0 saturated heterocycles. The van der Waals surface area contributed by atoms with E-state index >= 15 is 0 Å². The quantitative estimate of drug-likeness (QED) is 0.520. The SMILES string of the molecule is CCOC(=O)c1csc(NC(=O)C(=O)c2ccc(C)cc2)n1. The van der Waals surface area contributed by atoms with Gasteiger partial charge in [-0.1, -0.05) is 29.8 Å². The van der Waals surface area contributed by atoms with Crippen molar-refractivity contribution in [3.05, 3.63) is 46.5 Å². The number of ether oxygens (including phenoxy) is 1. The minimum atomic E-state index is -0.798. The number of carbonyl (C=O) groups excluding carboxylic acids is 3. The van der Waals surface area contributed by atoms with Crippen LogP contribution >= 0.6 is 11.3 Å². The molecule has 0 spiro atoms. The number of rotatable bonds is 5. The number of esters is 1. The van der Waals surface area contributed by atoms with Gasteiger partial charge in [0, 0.05) is 10.9 Å². The molecule has 0 saturated carbocycles. The van der Waals surface area contributed by atoms with E-state index in [9.17, 15) is 14.4 Å². The van der Waals surface area contributed by atoms with E-state index in [1.54, 1.807) is 31.2 Å². The fourth-order valence-electron chi connectivity index (χ4n) is 1.62. The number of aromatic nitrogens is 1. The fraction of sp³-hybridized carbons (Fsp3) is 0.200. The zero-order valence-electron chi connectivity index (χ0n) is 12.1. The zero-order chi connectivity index (χ0) is 16.1. The maximum atomic E-state index is 12.0. The summed E-state index contributed by atoms with van der Waals surface area (Å²) in [5.74, 6) is -2.02. The normalized spacial score (nSPS) is 10.1. The van der Waals surface area contributed by atoms with Crippen LogP contribution < -0.4 is 5.32 Å². The van der Waals surface area contributed by atoms with E-state index in [0.717, 1.165) is 16.9 Å². The van der Waals surface area contributed by atoms with Gasteiger partial charge >= 0.3 is 5.97 Å². The lowest BCUT2D eigenvalue weighted by molar-refractivity contribution is -0.112. The van der Waals surface area contributed by atoms with Crippen molar-refractivity contribution in [3.63, 3.8) is 0 Å². The Morgan fingerprint density at radius 3 is 2.55 bits per heavy atom. The Morgan fingerprint density at radius 2 is 1.91 bits per heavy atom. The third-order valence-corrected chi connectivity index (χ3v) is 3.49. The maximum absolute atomic E-state index is 12.0. The molecule has 22 heavy (non-hydrogen) atoms. The molecule has 0 aliphatic rings. The third-order valence-electron chi connectivity index (χ3n) is 2.73. The molecule has 7 heteroatoms. The van der Waals surface area contributed by atoms with Crippen molar-refractivity contribution in [2.24, 2.45) is 0 Å². The van der Waals surface area contributed by atoms with Crippen molar-refractivity contribution in [2.75, 3.05) is 11.9 Å².